The van der Waals surface area contributed by atoms with Crippen LogP contribution < -0.4 is 4.74 Å². The van der Waals surface area contributed by atoms with Crippen LogP contribution in [0, 0.1) is 13.8 Å². The lowest BCUT2D eigenvalue weighted by Crippen LogP contribution is -2.36. The van der Waals surface area contributed by atoms with Crippen LogP contribution in [0.2, 0.25) is 0 Å². The van der Waals surface area contributed by atoms with Gasteiger partial charge in [0.1, 0.15) is 5.75 Å². The van der Waals surface area contributed by atoms with Crippen LogP contribution in [-0.2, 0) is 11.2 Å². The van der Waals surface area contributed by atoms with Crippen LogP contribution in [0.15, 0.2) is 12.1 Å². The minimum atomic E-state index is 0.257. The van der Waals surface area contributed by atoms with Crippen LogP contribution in [-0.4, -0.2) is 31.0 Å². The molecule has 0 radical (unpaired) electrons. The molecule has 1 aliphatic rings. The fraction of sp³-hybridized carbons (Fsp3) is 0.562. The van der Waals surface area contributed by atoms with Gasteiger partial charge in [-0.05, 0) is 55.9 Å². The van der Waals surface area contributed by atoms with Crippen molar-refractivity contribution in [1.29, 1.82) is 0 Å². The number of amides is 1. The van der Waals surface area contributed by atoms with Gasteiger partial charge in [-0.1, -0.05) is 6.07 Å². The molecular formula is C16H23NO2. The van der Waals surface area contributed by atoms with E-state index in [4.69, 9.17) is 4.74 Å². The highest BCUT2D eigenvalue weighted by molar-refractivity contribution is 5.79. The standard InChI is InChI=1S/C16H23NO2/c1-12-10-15(19-3)13(2)9-14(12)11-16(18)17-7-5-4-6-8-17/h9-10H,4-8,11H2,1-3H3. The van der Waals surface area contributed by atoms with E-state index in [-0.39, 0.29) is 5.91 Å². The van der Waals surface area contributed by atoms with Crippen molar-refractivity contribution < 1.29 is 9.53 Å². The van der Waals surface area contributed by atoms with Crippen molar-refractivity contribution >= 4 is 5.91 Å². The Labute approximate surface area is 115 Å². The maximum atomic E-state index is 12.3. The molecule has 0 bridgehead atoms. The predicted octanol–water partition coefficient (Wildman–Crippen LogP) is 2.87. The molecular weight excluding hydrogens is 238 g/mol. The van der Waals surface area contributed by atoms with Crippen molar-refractivity contribution in [3.05, 3.63) is 28.8 Å². The highest BCUT2D eigenvalue weighted by Crippen LogP contribution is 2.23. The number of aryl methyl sites for hydroxylation is 2. The lowest BCUT2D eigenvalue weighted by Gasteiger charge is -2.27. The fourth-order valence-corrected chi connectivity index (χ4v) is 2.68. The lowest BCUT2D eigenvalue weighted by atomic mass is 10.0. The number of likely N-dealkylation sites (tertiary alicyclic amines) is 1. The Bertz CT molecular complexity index is 462. The summed E-state index contributed by atoms with van der Waals surface area (Å²) in [5.41, 5.74) is 3.34. The van der Waals surface area contributed by atoms with E-state index in [1.54, 1.807) is 7.11 Å². The largest absolute Gasteiger partial charge is 0.496 e. The topological polar surface area (TPSA) is 29.5 Å². The molecule has 1 heterocycles. The summed E-state index contributed by atoms with van der Waals surface area (Å²) >= 11 is 0. The van der Waals surface area contributed by atoms with E-state index in [1.165, 1.54) is 6.42 Å². The van der Waals surface area contributed by atoms with Gasteiger partial charge in [0, 0.05) is 13.1 Å². The number of hydrogen-bond acceptors (Lipinski definition) is 2. The van der Waals surface area contributed by atoms with E-state index >= 15 is 0 Å². The SMILES string of the molecule is COc1cc(C)c(CC(=O)N2CCCCC2)cc1C. The molecule has 1 aromatic carbocycles. The molecule has 0 atom stereocenters. The number of piperidine rings is 1. The normalized spacial score (nSPS) is 15.4. The first-order chi connectivity index (χ1) is 9.11. The summed E-state index contributed by atoms with van der Waals surface area (Å²) in [6.45, 7) is 5.91. The molecule has 1 aromatic rings. The first-order valence-electron chi connectivity index (χ1n) is 7.03. The summed E-state index contributed by atoms with van der Waals surface area (Å²) in [4.78, 5) is 14.3. The smallest absolute Gasteiger partial charge is 0.226 e. The van der Waals surface area contributed by atoms with Crippen LogP contribution >= 0.6 is 0 Å². The molecule has 1 saturated heterocycles. The molecule has 1 fully saturated rings. The molecule has 3 heteroatoms. The number of benzene rings is 1. The summed E-state index contributed by atoms with van der Waals surface area (Å²) in [7, 11) is 1.68. The Hall–Kier alpha value is -1.51. The molecule has 0 unspecified atom stereocenters. The number of ether oxygens (including phenoxy) is 1. The molecule has 0 N–H and O–H groups in total. The van der Waals surface area contributed by atoms with E-state index in [0.717, 1.165) is 48.4 Å². The monoisotopic (exact) mass is 261 g/mol. The number of nitrogens with zero attached hydrogens (tertiary/aromatic N) is 1. The van der Waals surface area contributed by atoms with Crippen molar-refractivity contribution in [3.8, 4) is 5.75 Å². The van der Waals surface area contributed by atoms with Gasteiger partial charge in [-0.15, -0.1) is 0 Å². The molecule has 0 aromatic heterocycles. The quantitative estimate of drug-likeness (QED) is 0.837. The van der Waals surface area contributed by atoms with Gasteiger partial charge in [0.2, 0.25) is 5.91 Å². The van der Waals surface area contributed by atoms with E-state index < -0.39 is 0 Å². The molecule has 3 nitrogen and oxygen atoms in total. The Morgan fingerprint density at radius 3 is 2.47 bits per heavy atom. The molecule has 2 rings (SSSR count). The van der Waals surface area contributed by atoms with Gasteiger partial charge in [0.05, 0.1) is 13.5 Å². The zero-order valence-corrected chi connectivity index (χ0v) is 12.2. The third-order valence-corrected chi connectivity index (χ3v) is 3.90. The zero-order valence-electron chi connectivity index (χ0n) is 12.2. The molecule has 0 aliphatic carbocycles. The number of rotatable bonds is 3. The predicted molar refractivity (Wildman–Crippen MR) is 76.6 cm³/mol. The molecule has 104 valence electrons. The molecule has 0 saturated carbocycles. The van der Waals surface area contributed by atoms with E-state index in [0.29, 0.717) is 6.42 Å². The maximum Gasteiger partial charge on any atom is 0.226 e. The van der Waals surface area contributed by atoms with E-state index in [9.17, 15) is 4.79 Å². The average Bonchev–Trinajstić information content (AvgIpc) is 2.43. The summed E-state index contributed by atoms with van der Waals surface area (Å²) in [6, 6.07) is 4.10. The van der Waals surface area contributed by atoms with Gasteiger partial charge in [-0.3, -0.25) is 4.79 Å². The van der Waals surface area contributed by atoms with Crippen molar-refractivity contribution in [2.75, 3.05) is 20.2 Å². The second-order valence-electron chi connectivity index (χ2n) is 5.37. The van der Waals surface area contributed by atoms with E-state index in [1.807, 2.05) is 24.8 Å². The van der Waals surface area contributed by atoms with Crippen molar-refractivity contribution in [2.45, 2.75) is 39.5 Å². The van der Waals surface area contributed by atoms with Crippen LogP contribution in [0.25, 0.3) is 0 Å². The van der Waals surface area contributed by atoms with Gasteiger partial charge in [0.25, 0.3) is 0 Å². The van der Waals surface area contributed by atoms with Gasteiger partial charge in [-0.2, -0.15) is 0 Å². The highest BCUT2D eigenvalue weighted by atomic mass is 16.5. The molecule has 1 amide bonds. The van der Waals surface area contributed by atoms with Gasteiger partial charge in [-0.25, -0.2) is 0 Å². The minimum Gasteiger partial charge on any atom is -0.496 e. The fourth-order valence-electron chi connectivity index (χ4n) is 2.68. The van der Waals surface area contributed by atoms with Crippen LogP contribution in [0.4, 0.5) is 0 Å². The highest BCUT2D eigenvalue weighted by Gasteiger charge is 2.17. The lowest BCUT2D eigenvalue weighted by molar-refractivity contribution is -0.131. The van der Waals surface area contributed by atoms with Crippen molar-refractivity contribution in [2.24, 2.45) is 0 Å². The van der Waals surface area contributed by atoms with Gasteiger partial charge >= 0.3 is 0 Å². The summed E-state index contributed by atoms with van der Waals surface area (Å²) in [5, 5.41) is 0. The molecule has 1 aliphatic heterocycles. The third-order valence-electron chi connectivity index (χ3n) is 3.90. The Kier molecular flexibility index (Phi) is 4.46. The second-order valence-corrected chi connectivity index (χ2v) is 5.37. The zero-order chi connectivity index (χ0) is 13.8. The van der Waals surface area contributed by atoms with Crippen LogP contribution in [0.5, 0.6) is 5.75 Å². The van der Waals surface area contributed by atoms with Crippen LogP contribution in [0.1, 0.15) is 36.0 Å². The number of methoxy groups -OCH3 is 1. The number of carbonyl (C=O) groups excluding carboxylic acids is 1. The first kappa shape index (κ1) is 13.9. The molecule has 0 spiro atoms. The van der Waals surface area contributed by atoms with Crippen molar-refractivity contribution in [1.82, 2.24) is 4.90 Å². The summed E-state index contributed by atoms with van der Waals surface area (Å²) in [5.74, 6) is 1.15. The summed E-state index contributed by atoms with van der Waals surface area (Å²) in [6.07, 6.45) is 4.06. The maximum absolute atomic E-state index is 12.3. The molecule has 19 heavy (non-hydrogen) atoms. The van der Waals surface area contributed by atoms with Crippen LogP contribution in [0.3, 0.4) is 0 Å². The van der Waals surface area contributed by atoms with Gasteiger partial charge in [0.15, 0.2) is 0 Å². The second kappa shape index (κ2) is 6.09. The first-order valence-corrected chi connectivity index (χ1v) is 7.03. The third kappa shape index (κ3) is 3.28. The average molecular weight is 261 g/mol. The number of hydrogen-bond donors (Lipinski definition) is 0. The Morgan fingerprint density at radius 1 is 1.16 bits per heavy atom. The van der Waals surface area contributed by atoms with Crippen molar-refractivity contribution in [3.63, 3.8) is 0 Å². The number of carbonyl (C=O) groups is 1. The Morgan fingerprint density at radius 2 is 1.84 bits per heavy atom. The van der Waals surface area contributed by atoms with Gasteiger partial charge < -0.3 is 9.64 Å². The van der Waals surface area contributed by atoms with E-state index in [2.05, 4.69) is 6.07 Å². The minimum absolute atomic E-state index is 0.257. The Balaban J connectivity index is 2.10. The summed E-state index contributed by atoms with van der Waals surface area (Å²) < 4.78 is 5.31.